The number of anilines is 1. The smallest absolute Gasteiger partial charge is 0.338 e. The average Bonchev–Trinajstić information content (AvgIpc) is 2.97. The largest absolute Gasteiger partial charge is 0.462 e. The van der Waals surface area contributed by atoms with Gasteiger partial charge in [-0.05, 0) is 49.4 Å². The Morgan fingerprint density at radius 3 is 2.41 bits per heavy atom. The molecule has 0 saturated carbocycles. The molecular weight excluding hydrogens is 362 g/mol. The summed E-state index contributed by atoms with van der Waals surface area (Å²) >= 11 is 1.36. The average molecular weight is 383 g/mol. The Morgan fingerprint density at radius 1 is 1.11 bits per heavy atom. The maximum absolute atomic E-state index is 12.5. The number of nitrogens with zero attached hydrogens (tertiary/aromatic N) is 3. The van der Waals surface area contributed by atoms with Crippen molar-refractivity contribution in [3.8, 4) is 0 Å². The molecule has 1 amide bonds. The fourth-order valence-corrected chi connectivity index (χ4v) is 3.69. The molecule has 6 nitrogen and oxygen atoms in total. The molecule has 2 aromatic carbocycles. The summed E-state index contributed by atoms with van der Waals surface area (Å²) in [6.07, 6.45) is 0. The number of aromatic nitrogens is 1. The van der Waals surface area contributed by atoms with Crippen LogP contribution in [0.5, 0.6) is 0 Å². The summed E-state index contributed by atoms with van der Waals surface area (Å²) in [7, 11) is 5.75. The molecule has 27 heavy (non-hydrogen) atoms. The molecule has 0 saturated heterocycles. The molecule has 0 N–H and O–H groups in total. The molecule has 0 spiro atoms. The highest BCUT2D eigenvalue weighted by atomic mass is 32.1. The number of carbonyl (C=O) groups excluding carboxylic acids is 2. The Morgan fingerprint density at radius 2 is 1.78 bits per heavy atom. The lowest BCUT2D eigenvalue weighted by molar-refractivity contribution is 0.0526. The predicted molar refractivity (Wildman–Crippen MR) is 107 cm³/mol. The molecule has 0 aliphatic rings. The number of hydrogen-bond donors (Lipinski definition) is 0. The van der Waals surface area contributed by atoms with E-state index in [9.17, 15) is 9.59 Å². The maximum atomic E-state index is 12.5. The summed E-state index contributed by atoms with van der Waals surface area (Å²) in [6.45, 7) is 2.10. The Kier molecular flexibility index (Phi) is 5.41. The molecule has 0 radical (unpaired) electrons. The fourth-order valence-electron chi connectivity index (χ4n) is 2.64. The normalized spacial score (nSPS) is 11.6. The van der Waals surface area contributed by atoms with Gasteiger partial charge in [-0.25, -0.2) is 4.79 Å². The minimum atomic E-state index is -0.356. The van der Waals surface area contributed by atoms with Crippen LogP contribution in [0.15, 0.2) is 47.5 Å². The van der Waals surface area contributed by atoms with Crippen molar-refractivity contribution < 1.29 is 14.3 Å². The molecule has 0 unspecified atom stereocenters. The van der Waals surface area contributed by atoms with Crippen molar-refractivity contribution in [2.75, 3.05) is 25.6 Å². The van der Waals surface area contributed by atoms with Gasteiger partial charge in [0.05, 0.1) is 22.4 Å². The summed E-state index contributed by atoms with van der Waals surface area (Å²) in [6, 6.07) is 12.7. The van der Waals surface area contributed by atoms with Gasteiger partial charge < -0.3 is 14.2 Å². The predicted octanol–water partition coefficient (Wildman–Crippen LogP) is 3.22. The van der Waals surface area contributed by atoms with E-state index in [4.69, 9.17) is 4.74 Å². The van der Waals surface area contributed by atoms with Crippen molar-refractivity contribution in [1.82, 2.24) is 4.57 Å². The highest BCUT2D eigenvalue weighted by Crippen LogP contribution is 2.19. The van der Waals surface area contributed by atoms with Crippen LogP contribution in [0.25, 0.3) is 10.2 Å². The zero-order chi connectivity index (χ0) is 19.6. The third kappa shape index (κ3) is 3.93. The van der Waals surface area contributed by atoms with Crippen LogP contribution in [-0.2, 0) is 11.8 Å². The molecule has 3 rings (SSSR count). The minimum Gasteiger partial charge on any atom is -0.462 e. The molecule has 1 heterocycles. The lowest BCUT2D eigenvalue weighted by Crippen LogP contribution is -2.13. The van der Waals surface area contributed by atoms with E-state index in [-0.39, 0.29) is 11.9 Å². The molecule has 0 bridgehead atoms. The molecule has 0 atom stereocenters. The standard InChI is InChI=1S/C20H21N3O3S/c1-5-26-19(25)14-8-11-16-17(12-14)27-20(23(16)4)21-18(24)13-6-9-15(10-7-13)22(2)3/h6-12H,5H2,1-4H3. The van der Waals surface area contributed by atoms with E-state index in [1.165, 1.54) is 11.3 Å². The number of aryl methyl sites for hydroxylation is 1. The van der Waals surface area contributed by atoms with E-state index in [0.717, 1.165) is 15.9 Å². The van der Waals surface area contributed by atoms with Gasteiger partial charge in [-0.3, -0.25) is 4.79 Å². The fraction of sp³-hybridized carbons (Fsp3) is 0.250. The molecule has 1 aromatic heterocycles. The minimum absolute atomic E-state index is 0.298. The third-order valence-electron chi connectivity index (χ3n) is 4.15. The van der Waals surface area contributed by atoms with Crippen molar-refractivity contribution in [2.45, 2.75) is 6.92 Å². The van der Waals surface area contributed by atoms with Crippen LogP contribution in [0.4, 0.5) is 5.69 Å². The Balaban J connectivity index is 1.96. The van der Waals surface area contributed by atoms with E-state index in [1.54, 1.807) is 31.2 Å². The number of amides is 1. The van der Waals surface area contributed by atoms with Crippen molar-refractivity contribution in [2.24, 2.45) is 12.0 Å². The first kappa shape index (κ1) is 18.8. The summed E-state index contributed by atoms with van der Waals surface area (Å²) in [5.41, 5.74) is 2.95. The van der Waals surface area contributed by atoms with Gasteiger partial charge in [0, 0.05) is 32.4 Å². The number of esters is 1. The second kappa shape index (κ2) is 7.75. The van der Waals surface area contributed by atoms with Crippen molar-refractivity contribution >= 4 is 39.1 Å². The number of hydrogen-bond acceptors (Lipinski definition) is 5. The summed E-state index contributed by atoms with van der Waals surface area (Å²) < 4.78 is 7.76. The number of fused-ring (bicyclic) bond motifs is 1. The summed E-state index contributed by atoms with van der Waals surface area (Å²) in [5, 5.41) is 0. The lowest BCUT2D eigenvalue weighted by atomic mass is 10.2. The molecular formula is C20H21N3O3S. The number of rotatable bonds is 4. The Bertz CT molecular complexity index is 1060. The topological polar surface area (TPSA) is 63.9 Å². The summed E-state index contributed by atoms with van der Waals surface area (Å²) in [4.78, 5) is 31.2. The first-order chi connectivity index (χ1) is 12.9. The molecule has 0 aliphatic carbocycles. The van der Waals surface area contributed by atoms with Crippen LogP contribution in [0, 0.1) is 0 Å². The van der Waals surface area contributed by atoms with E-state index in [1.807, 2.05) is 48.8 Å². The van der Waals surface area contributed by atoms with Gasteiger partial charge >= 0.3 is 5.97 Å². The van der Waals surface area contributed by atoms with Crippen molar-refractivity contribution in [3.05, 3.63) is 58.4 Å². The molecule has 0 aliphatic heterocycles. The van der Waals surface area contributed by atoms with Gasteiger partial charge in [-0.1, -0.05) is 11.3 Å². The SMILES string of the molecule is CCOC(=O)c1ccc2c(c1)sc(=NC(=O)c1ccc(N(C)C)cc1)n2C. The monoisotopic (exact) mass is 383 g/mol. The van der Waals surface area contributed by atoms with Crippen LogP contribution in [-0.4, -0.2) is 37.1 Å². The van der Waals surface area contributed by atoms with Crippen LogP contribution in [0.3, 0.4) is 0 Å². The van der Waals surface area contributed by atoms with Gasteiger partial charge in [0.1, 0.15) is 0 Å². The third-order valence-corrected chi connectivity index (χ3v) is 5.24. The van der Waals surface area contributed by atoms with Gasteiger partial charge in [0.15, 0.2) is 4.80 Å². The van der Waals surface area contributed by atoms with E-state index >= 15 is 0 Å². The summed E-state index contributed by atoms with van der Waals surface area (Å²) in [5.74, 6) is -0.654. The Hall–Kier alpha value is -2.93. The Labute approximate surface area is 161 Å². The van der Waals surface area contributed by atoms with Crippen LogP contribution in [0.2, 0.25) is 0 Å². The molecule has 0 fully saturated rings. The van der Waals surface area contributed by atoms with Gasteiger partial charge in [0.25, 0.3) is 5.91 Å². The van der Waals surface area contributed by atoms with Crippen LogP contribution >= 0.6 is 11.3 Å². The highest BCUT2D eigenvalue weighted by Gasteiger charge is 2.11. The van der Waals surface area contributed by atoms with Crippen LogP contribution < -0.4 is 9.70 Å². The molecule has 140 valence electrons. The number of thiazole rings is 1. The molecule has 7 heteroatoms. The lowest BCUT2D eigenvalue weighted by Gasteiger charge is -2.11. The van der Waals surface area contributed by atoms with Crippen molar-refractivity contribution in [1.29, 1.82) is 0 Å². The van der Waals surface area contributed by atoms with E-state index < -0.39 is 0 Å². The van der Waals surface area contributed by atoms with E-state index in [2.05, 4.69) is 4.99 Å². The van der Waals surface area contributed by atoms with Crippen LogP contribution in [0.1, 0.15) is 27.6 Å². The number of ether oxygens (including phenoxy) is 1. The maximum Gasteiger partial charge on any atom is 0.338 e. The zero-order valence-electron chi connectivity index (χ0n) is 15.7. The first-order valence-electron chi connectivity index (χ1n) is 8.54. The second-order valence-corrected chi connectivity index (χ2v) is 7.21. The highest BCUT2D eigenvalue weighted by molar-refractivity contribution is 7.16. The second-order valence-electron chi connectivity index (χ2n) is 6.20. The van der Waals surface area contributed by atoms with Gasteiger partial charge in [-0.2, -0.15) is 4.99 Å². The first-order valence-corrected chi connectivity index (χ1v) is 9.35. The van der Waals surface area contributed by atoms with Gasteiger partial charge in [-0.15, -0.1) is 0 Å². The zero-order valence-corrected chi connectivity index (χ0v) is 16.5. The van der Waals surface area contributed by atoms with Gasteiger partial charge in [0.2, 0.25) is 0 Å². The number of carbonyl (C=O) groups is 2. The number of benzene rings is 2. The van der Waals surface area contributed by atoms with Crippen molar-refractivity contribution in [3.63, 3.8) is 0 Å². The quantitative estimate of drug-likeness (QED) is 0.649. The molecule has 3 aromatic rings. The van der Waals surface area contributed by atoms with E-state index in [0.29, 0.717) is 22.5 Å².